The van der Waals surface area contributed by atoms with Crippen LogP contribution in [0.2, 0.25) is 10.0 Å². The monoisotopic (exact) mass is 433 g/mol. The molecule has 0 radical (unpaired) electrons. The summed E-state index contributed by atoms with van der Waals surface area (Å²) in [5.74, 6) is 0.688. The number of nitrogens with zero attached hydrogens (tertiary/aromatic N) is 6. The van der Waals surface area contributed by atoms with Crippen LogP contribution in [0.3, 0.4) is 0 Å². The maximum Gasteiger partial charge on any atom is 0.211 e. The summed E-state index contributed by atoms with van der Waals surface area (Å²) in [4.78, 5) is 0. The third-order valence-corrected chi connectivity index (χ3v) is 5.65. The highest BCUT2D eigenvalue weighted by atomic mass is 35.5. The van der Waals surface area contributed by atoms with Gasteiger partial charge in [0.1, 0.15) is 5.01 Å². The summed E-state index contributed by atoms with van der Waals surface area (Å²) in [6.45, 7) is 3.29. The molecule has 10 heteroatoms. The molecule has 0 bridgehead atoms. The van der Waals surface area contributed by atoms with E-state index in [4.69, 9.17) is 23.2 Å². The lowest BCUT2D eigenvalue weighted by Crippen LogP contribution is -2.02. The topological polar surface area (TPSA) is 73.5 Å². The Bertz CT molecular complexity index is 1070. The Morgan fingerprint density at radius 2 is 1.93 bits per heavy atom. The molecular weight excluding hydrogens is 417 g/mol. The summed E-state index contributed by atoms with van der Waals surface area (Å²) >= 11 is 14.0. The van der Waals surface area contributed by atoms with Crippen LogP contribution in [0.15, 0.2) is 42.9 Å². The van der Waals surface area contributed by atoms with Crippen molar-refractivity contribution < 1.29 is 0 Å². The minimum absolute atomic E-state index is 0.491. The number of halogens is 2. The second-order valence-electron chi connectivity index (χ2n) is 6.26. The summed E-state index contributed by atoms with van der Waals surface area (Å²) in [6, 6.07) is 7.33. The van der Waals surface area contributed by atoms with Crippen molar-refractivity contribution >= 4 is 45.5 Å². The van der Waals surface area contributed by atoms with E-state index in [0.717, 1.165) is 29.1 Å². The molecule has 0 fully saturated rings. The van der Waals surface area contributed by atoms with Gasteiger partial charge in [-0.1, -0.05) is 40.6 Å². The number of aryl methyl sites for hydroxylation is 3. The fourth-order valence-electron chi connectivity index (χ4n) is 2.68. The van der Waals surface area contributed by atoms with E-state index in [1.807, 2.05) is 54.5 Å². The summed E-state index contributed by atoms with van der Waals surface area (Å²) in [7, 11) is 0. The van der Waals surface area contributed by atoms with Gasteiger partial charge in [0.05, 0.1) is 12.7 Å². The predicted molar refractivity (Wildman–Crippen MR) is 112 cm³/mol. The van der Waals surface area contributed by atoms with Crippen LogP contribution in [-0.2, 0) is 19.5 Å². The van der Waals surface area contributed by atoms with Gasteiger partial charge in [-0.05, 0) is 24.6 Å². The Labute approximate surface area is 175 Å². The zero-order chi connectivity index (χ0) is 19.5. The highest BCUT2D eigenvalue weighted by Crippen LogP contribution is 2.25. The first-order chi connectivity index (χ1) is 13.6. The van der Waals surface area contributed by atoms with E-state index >= 15 is 0 Å². The largest absolute Gasteiger partial charge is 0.313 e. The highest BCUT2D eigenvalue weighted by Gasteiger charge is 2.10. The van der Waals surface area contributed by atoms with Crippen molar-refractivity contribution in [2.45, 2.75) is 26.4 Å². The molecule has 0 spiro atoms. The van der Waals surface area contributed by atoms with E-state index in [0.29, 0.717) is 27.5 Å². The van der Waals surface area contributed by atoms with Crippen LogP contribution in [0.4, 0.5) is 10.9 Å². The summed E-state index contributed by atoms with van der Waals surface area (Å²) in [5.41, 5.74) is 1.99. The van der Waals surface area contributed by atoms with Gasteiger partial charge in [-0.2, -0.15) is 10.2 Å². The Balaban J connectivity index is 1.37. The van der Waals surface area contributed by atoms with Gasteiger partial charge < -0.3 is 5.32 Å². The molecule has 0 aliphatic carbocycles. The third-order valence-electron chi connectivity index (χ3n) is 4.04. The van der Waals surface area contributed by atoms with E-state index in [9.17, 15) is 0 Å². The van der Waals surface area contributed by atoms with E-state index < -0.39 is 0 Å². The molecule has 0 atom stereocenters. The lowest BCUT2D eigenvalue weighted by Gasteiger charge is -2.06. The summed E-state index contributed by atoms with van der Waals surface area (Å²) < 4.78 is 3.68. The molecule has 1 N–H and O–H groups in total. The average Bonchev–Trinajstić information content (AvgIpc) is 3.39. The molecule has 0 aliphatic heterocycles. The molecule has 0 saturated heterocycles. The molecule has 28 heavy (non-hydrogen) atoms. The van der Waals surface area contributed by atoms with Gasteiger partial charge in [0, 0.05) is 47.0 Å². The number of benzene rings is 1. The Kier molecular flexibility index (Phi) is 5.61. The van der Waals surface area contributed by atoms with Gasteiger partial charge in [0.2, 0.25) is 5.13 Å². The molecule has 0 amide bonds. The second kappa shape index (κ2) is 8.30. The maximum atomic E-state index is 6.23. The lowest BCUT2D eigenvalue weighted by atomic mass is 10.2. The van der Waals surface area contributed by atoms with Crippen molar-refractivity contribution in [1.82, 2.24) is 29.8 Å². The van der Waals surface area contributed by atoms with Gasteiger partial charge >= 0.3 is 0 Å². The van der Waals surface area contributed by atoms with Gasteiger partial charge in [-0.15, -0.1) is 10.2 Å². The average molecular weight is 434 g/mol. The third kappa shape index (κ3) is 4.52. The number of hydrogen-bond acceptors (Lipinski definition) is 6. The van der Waals surface area contributed by atoms with Crippen LogP contribution in [-0.4, -0.2) is 29.8 Å². The highest BCUT2D eigenvalue weighted by molar-refractivity contribution is 7.15. The molecular formula is C18H17Cl2N7S. The Morgan fingerprint density at radius 3 is 2.68 bits per heavy atom. The minimum Gasteiger partial charge on any atom is -0.313 e. The van der Waals surface area contributed by atoms with Gasteiger partial charge in [0.25, 0.3) is 0 Å². The molecule has 0 saturated carbocycles. The standard InChI is InChI=1S/C18H17Cl2N7S/c1-12-9-21-26(10-12)8-6-17-23-24-18(28-17)22-16-5-7-27(25-16)11-13-14(19)3-2-4-15(13)20/h2-5,7,9-10H,6,8,11H2,1H3,(H,22,24,25). The van der Waals surface area contributed by atoms with Crippen molar-refractivity contribution in [3.05, 3.63) is 69.0 Å². The van der Waals surface area contributed by atoms with Crippen molar-refractivity contribution in [2.24, 2.45) is 0 Å². The summed E-state index contributed by atoms with van der Waals surface area (Å²) in [6.07, 6.45) is 6.50. The molecule has 4 rings (SSSR count). The van der Waals surface area contributed by atoms with Crippen LogP contribution in [0, 0.1) is 6.92 Å². The van der Waals surface area contributed by atoms with Gasteiger partial charge in [0.15, 0.2) is 5.82 Å². The second-order valence-corrected chi connectivity index (χ2v) is 8.13. The smallest absolute Gasteiger partial charge is 0.211 e. The maximum absolute atomic E-state index is 6.23. The molecule has 3 aromatic heterocycles. The van der Waals surface area contributed by atoms with E-state index in [2.05, 4.69) is 25.7 Å². The van der Waals surface area contributed by atoms with E-state index in [1.165, 1.54) is 11.3 Å². The first-order valence-corrected chi connectivity index (χ1v) is 10.2. The molecule has 7 nitrogen and oxygen atoms in total. The minimum atomic E-state index is 0.491. The van der Waals surface area contributed by atoms with Crippen molar-refractivity contribution in [3.8, 4) is 0 Å². The van der Waals surface area contributed by atoms with Gasteiger partial charge in [-0.25, -0.2) is 0 Å². The fraction of sp³-hybridized carbons (Fsp3) is 0.222. The number of nitrogens with one attached hydrogen (secondary N) is 1. The summed E-state index contributed by atoms with van der Waals surface area (Å²) in [5, 5.41) is 23.3. The van der Waals surface area contributed by atoms with Gasteiger partial charge in [-0.3, -0.25) is 9.36 Å². The fourth-order valence-corrected chi connectivity index (χ4v) is 3.93. The molecule has 1 aromatic carbocycles. The van der Waals surface area contributed by atoms with Crippen LogP contribution in [0.5, 0.6) is 0 Å². The number of rotatable bonds is 7. The quantitative estimate of drug-likeness (QED) is 0.461. The molecule has 144 valence electrons. The first-order valence-electron chi connectivity index (χ1n) is 8.61. The Morgan fingerprint density at radius 1 is 1.11 bits per heavy atom. The van der Waals surface area contributed by atoms with Crippen LogP contribution >= 0.6 is 34.5 Å². The first kappa shape index (κ1) is 18.9. The SMILES string of the molecule is Cc1cnn(CCc2nnc(Nc3ccn(Cc4c(Cl)cccc4Cl)n3)s2)c1. The predicted octanol–water partition coefficient (Wildman–Crippen LogP) is 4.58. The van der Waals surface area contributed by atoms with Crippen molar-refractivity contribution in [2.75, 3.05) is 5.32 Å². The van der Waals surface area contributed by atoms with E-state index in [1.54, 1.807) is 4.68 Å². The molecule has 0 aliphatic rings. The normalized spacial score (nSPS) is 11.1. The molecule has 0 unspecified atom stereocenters. The zero-order valence-corrected chi connectivity index (χ0v) is 17.3. The van der Waals surface area contributed by atoms with Crippen LogP contribution < -0.4 is 5.32 Å². The number of hydrogen-bond donors (Lipinski definition) is 1. The zero-order valence-electron chi connectivity index (χ0n) is 15.0. The van der Waals surface area contributed by atoms with Crippen LogP contribution in [0.25, 0.3) is 0 Å². The lowest BCUT2D eigenvalue weighted by molar-refractivity contribution is 0.611. The molecule has 4 aromatic rings. The van der Waals surface area contributed by atoms with Crippen molar-refractivity contribution in [1.29, 1.82) is 0 Å². The number of anilines is 2. The van der Waals surface area contributed by atoms with E-state index in [-0.39, 0.29) is 0 Å². The van der Waals surface area contributed by atoms with Crippen LogP contribution in [0.1, 0.15) is 16.1 Å². The Hall–Kier alpha value is -2.42. The number of aromatic nitrogens is 6. The molecule has 3 heterocycles. The van der Waals surface area contributed by atoms with Crippen molar-refractivity contribution in [3.63, 3.8) is 0 Å².